The van der Waals surface area contributed by atoms with E-state index in [1.165, 1.54) is 30.7 Å². The van der Waals surface area contributed by atoms with E-state index in [9.17, 15) is 0 Å². The van der Waals surface area contributed by atoms with Crippen molar-refractivity contribution in [2.75, 3.05) is 0 Å². The SMILES string of the molecule is C1=CSC(=C2SC=CS2)S1.c1ccc(C[n+]2ccc(-c3cc[n+](Cc4ccccc4)cc3)cc2)cc1. The molecule has 2 aromatic carbocycles. The fourth-order valence-electron chi connectivity index (χ4n) is 3.71. The van der Waals surface area contributed by atoms with E-state index in [0.717, 1.165) is 13.1 Å². The van der Waals surface area contributed by atoms with Gasteiger partial charge in [-0.3, -0.25) is 0 Å². The van der Waals surface area contributed by atoms with Gasteiger partial charge >= 0.3 is 0 Å². The summed E-state index contributed by atoms with van der Waals surface area (Å²) in [6.07, 6.45) is 8.58. The van der Waals surface area contributed by atoms with Crippen molar-refractivity contribution in [2.24, 2.45) is 0 Å². The van der Waals surface area contributed by atoms with Crippen molar-refractivity contribution in [3.8, 4) is 11.1 Å². The number of nitrogens with zero attached hydrogens (tertiary/aromatic N) is 2. The first-order chi connectivity index (χ1) is 17.8. The Morgan fingerprint density at radius 2 is 0.750 bits per heavy atom. The van der Waals surface area contributed by atoms with Crippen LogP contribution in [0.3, 0.4) is 0 Å². The van der Waals surface area contributed by atoms with Crippen molar-refractivity contribution in [2.45, 2.75) is 13.1 Å². The highest BCUT2D eigenvalue weighted by Gasteiger charge is 2.12. The van der Waals surface area contributed by atoms with E-state index in [0.29, 0.717) is 0 Å². The Kier molecular flexibility index (Phi) is 9.08. The number of hydrogen-bond donors (Lipinski definition) is 0. The Morgan fingerprint density at radius 3 is 1.08 bits per heavy atom. The largest absolute Gasteiger partial charge is 0.201 e. The second kappa shape index (κ2) is 13.1. The van der Waals surface area contributed by atoms with Gasteiger partial charge in [-0.15, -0.1) is 0 Å². The molecule has 0 saturated carbocycles. The molecule has 0 fully saturated rings. The lowest BCUT2D eigenvalue weighted by molar-refractivity contribution is -0.688. The predicted octanol–water partition coefficient (Wildman–Crippen LogP) is 8.04. The molecule has 0 spiro atoms. The molecule has 2 aromatic heterocycles. The maximum atomic E-state index is 2.21. The van der Waals surface area contributed by atoms with Crippen molar-refractivity contribution in [1.29, 1.82) is 0 Å². The molecule has 0 saturated heterocycles. The van der Waals surface area contributed by atoms with Crippen LogP contribution in [-0.4, -0.2) is 0 Å². The molecule has 6 rings (SSSR count). The summed E-state index contributed by atoms with van der Waals surface area (Å²) in [6.45, 7) is 1.79. The van der Waals surface area contributed by atoms with E-state index in [-0.39, 0.29) is 0 Å². The highest BCUT2D eigenvalue weighted by Crippen LogP contribution is 2.50. The zero-order chi connectivity index (χ0) is 24.4. The lowest BCUT2D eigenvalue weighted by Crippen LogP contribution is -2.33. The van der Waals surface area contributed by atoms with Gasteiger partial charge in [0.2, 0.25) is 0 Å². The van der Waals surface area contributed by atoms with Crippen LogP contribution in [0.15, 0.2) is 140 Å². The number of aromatic nitrogens is 2. The first-order valence-electron chi connectivity index (χ1n) is 11.6. The molecule has 2 aliphatic rings. The van der Waals surface area contributed by atoms with Crippen LogP contribution >= 0.6 is 47.0 Å². The summed E-state index contributed by atoms with van der Waals surface area (Å²) in [5.74, 6) is 0. The van der Waals surface area contributed by atoms with Gasteiger partial charge in [-0.2, -0.15) is 0 Å². The maximum Gasteiger partial charge on any atom is 0.173 e. The van der Waals surface area contributed by atoms with Crippen molar-refractivity contribution < 1.29 is 9.13 Å². The van der Waals surface area contributed by atoms with Crippen molar-refractivity contribution in [3.05, 3.63) is 151 Å². The fourth-order valence-corrected chi connectivity index (χ4v) is 7.74. The van der Waals surface area contributed by atoms with Crippen LogP contribution in [0, 0.1) is 0 Å². The molecule has 6 heteroatoms. The molecule has 0 atom stereocenters. The summed E-state index contributed by atoms with van der Waals surface area (Å²) in [6, 6.07) is 29.8. The zero-order valence-electron chi connectivity index (χ0n) is 19.6. The lowest BCUT2D eigenvalue weighted by atomic mass is 10.1. The van der Waals surface area contributed by atoms with Gasteiger partial charge in [-0.05, 0) is 32.8 Å². The monoisotopic (exact) mass is 542 g/mol. The molecule has 4 heterocycles. The molecular formula is C30H26N2S4+2. The Morgan fingerprint density at radius 1 is 0.417 bits per heavy atom. The molecule has 2 aliphatic heterocycles. The molecule has 36 heavy (non-hydrogen) atoms. The van der Waals surface area contributed by atoms with Crippen LogP contribution < -0.4 is 9.13 Å². The number of pyridine rings is 2. The molecule has 0 aliphatic carbocycles. The molecule has 0 amide bonds. The number of rotatable bonds is 5. The predicted molar refractivity (Wildman–Crippen MR) is 159 cm³/mol. The van der Waals surface area contributed by atoms with Crippen LogP contribution in [0.4, 0.5) is 0 Å². The highest BCUT2D eigenvalue weighted by atomic mass is 32.2. The topological polar surface area (TPSA) is 7.76 Å². The van der Waals surface area contributed by atoms with Crippen LogP contribution in [0.25, 0.3) is 11.1 Å². The third-order valence-corrected chi connectivity index (χ3v) is 10.3. The Bertz CT molecular complexity index is 1220. The van der Waals surface area contributed by atoms with E-state index < -0.39 is 0 Å². The molecule has 0 bridgehead atoms. The van der Waals surface area contributed by atoms with Gasteiger partial charge in [0.25, 0.3) is 0 Å². The summed E-state index contributed by atoms with van der Waals surface area (Å²) in [5, 5.41) is 8.53. The summed E-state index contributed by atoms with van der Waals surface area (Å²) < 4.78 is 7.27. The van der Waals surface area contributed by atoms with Crippen molar-refractivity contribution in [3.63, 3.8) is 0 Å². The highest BCUT2D eigenvalue weighted by molar-refractivity contribution is 8.33. The summed E-state index contributed by atoms with van der Waals surface area (Å²) in [5.41, 5.74) is 5.10. The number of thioether (sulfide) groups is 4. The molecule has 4 aromatic rings. The summed E-state index contributed by atoms with van der Waals surface area (Å²) in [7, 11) is 0. The number of hydrogen-bond acceptors (Lipinski definition) is 4. The maximum absolute atomic E-state index is 2.21. The van der Waals surface area contributed by atoms with Crippen molar-refractivity contribution >= 4 is 47.0 Å². The molecule has 0 radical (unpaired) electrons. The zero-order valence-corrected chi connectivity index (χ0v) is 22.9. The van der Waals surface area contributed by atoms with Gasteiger partial charge in [0.1, 0.15) is 0 Å². The van der Waals surface area contributed by atoms with Crippen LogP contribution in [0.1, 0.15) is 11.1 Å². The standard InChI is InChI=1S/C24H22N2.C6H4S4/c1-3-7-21(8-4-1)19-25-15-11-23(12-16-25)24-13-17-26(18-14-24)20-22-9-5-2-6-10-22;1-2-8-5(7-1)6-9-3-4-10-6/h1-18H,19-20H2;1-4H/q+2;. The first kappa shape index (κ1) is 25.0. The van der Waals surface area contributed by atoms with Crippen molar-refractivity contribution in [1.82, 2.24) is 0 Å². The van der Waals surface area contributed by atoms with Gasteiger partial charge in [-0.25, -0.2) is 9.13 Å². The van der Waals surface area contributed by atoms with Crippen LogP contribution in [-0.2, 0) is 13.1 Å². The van der Waals surface area contributed by atoms with Gasteiger partial charge in [-0.1, -0.05) is 108 Å². The minimum atomic E-state index is 0.896. The van der Waals surface area contributed by atoms with Crippen LogP contribution in [0.2, 0.25) is 0 Å². The number of benzene rings is 2. The minimum absolute atomic E-state index is 0.896. The summed E-state index contributed by atoms with van der Waals surface area (Å²) in [4.78, 5) is 0. The molecular weight excluding hydrogens is 517 g/mol. The van der Waals surface area contributed by atoms with E-state index >= 15 is 0 Å². The quantitative estimate of drug-likeness (QED) is 0.236. The fraction of sp³-hybridized carbons (Fsp3) is 0.0667. The van der Waals surface area contributed by atoms with Gasteiger partial charge in [0.15, 0.2) is 37.9 Å². The van der Waals surface area contributed by atoms with E-state index in [1.807, 2.05) is 47.0 Å². The van der Waals surface area contributed by atoms with E-state index in [4.69, 9.17) is 0 Å². The normalized spacial score (nSPS) is 14.1. The molecule has 178 valence electrons. The smallest absolute Gasteiger partial charge is 0.173 e. The van der Waals surface area contributed by atoms with Gasteiger partial charge < -0.3 is 0 Å². The molecule has 2 nitrogen and oxygen atoms in total. The minimum Gasteiger partial charge on any atom is -0.201 e. The third kappa shape index (κ3) is 7.20. The second-order valence-electron chi connectivity index (χ2n) is 8.08. The van der Waals surface area contributed by atoms with Gasteiger partial charge in [0.05, 0.1) is 8.47 Å². The average molecular weight is 543 g/mol. The van der Waals surface area contributed by atoms with Crippen LogP contribution in [0.5, 0.6) is 0 Å². The second-order valence-corrected chi connectivity index (χ2v) is 12.3. The van der Waals surface area contributed by atoms with E-state index in [1.54, 1.807) is 0 Å². The Labute approximate surface area is 230 Å². The van der Waals surface area contributed by atoms with Gasteiger partial charge in [0, 0.05) is 35.4 Å². The lowest BCUT2D eigenvalue weighted by Gasteiger charge is -2.02. The average Bonchev–Trinajstić information content (AvgIpc) is 3.66. The van der Waals surface area contributed by atoms with E-state index in [2.05, 4.69) is 140 Å². The molecule has 0 unspecified atom stereocenters. The first-order valence-corrected chi connectivity index (χ1v) is 15.1. The third-order valence-electron chi connectivity index (χ3n) is 5.51. The Hall–Kier alpha value is -2.64. The Balaban J connectivity index is 0.000000222. The molecule has 0 N–H and O–H groups in total. The summed E-state index contributed by atoms with van der Waals surface area (Å²) >= 11 is 7.28.